The number of aryl methyl sites for hydroxylation is 1. The molecule has 0 radical (unpaired) electrons. The molecule has 0 spiro atoms. The van der Waals surface area contributed by atoms with Crippen molar-refractivity contribution in [3.05, 3.63) is 12.0 Å². The van der Waals surface area contributed by atoms with Crippen LogP contribution in [0.5, 0.6) is 0 Å². The second-order valence-corrected chi connectivity index (χ2v) is 5.24. The number of hydrogen-bond donors (Lipinski definition) is 1. The van der Waals surface area contributed by atoms with Crippen LogP contribution in [0.2, 0.25) is 0 Å². The van der Waals surface area contributed by atoms with E-state index in [1.807, 2.05) is 6.92 Å². The monoisotopic (exact) mass is 250 g/mol. The first-order valence-electron chi connectivity index (χ1n) is 5.97. The predicted octanol–water partition coefficient (Wildman–Crippen LogP) is 3.24. The van der Waals surface area contributed by atoms with Crippen molar-refractivity contribution in [3.63, 3.8) is 0 Å². The molecule has 2 rings (SSSR count). The van der Waals surface area contributed by atoms with Crippen LogP contribution in [-0.2, 0) is 0 Å². The third-order valence-electron chi connectivity index (χ3n) is 3.31. The fourth-order valence-electron chi connectivity index (χ4n) is 1.74. The summed E-state index contributed by atoms with van der Waals surface area (Å²) in [6.07, 6.45) is 2.76. The first kappa shape index (κ1) is 12.2. The molecule has 0 aliphatic rings. The van der Waals surface area contributed by atoms with Crippen molar-refractivity contribution >= 4 is 27.6 Å². The largest absolute Gasteiger partial charge is 0.367 e. The van der Waals surface area contributed by atoms with Crippen molar-refractivity contribution in [2.45, 2.75) is 40.2 Å². The topological polar surface area (TPSA) is 50.7 Å². The number of aromatic nitrogens is 3. The summed E-state index contributed by atoms with van der Waals surface area (Å²) in [6, 6.07) is 0.400. The number of rotatable bonds is 4. The van der Waals surface area contributed by atoms with Crippen LogP contribution >= 0.6 is 11.5 Å². The molecule has 5 heteroatoms. The summed E-state index contributed by atoms with van der Waals surface area (Å²) < 4.78 is 4.33. The number of nitrogens with one attached hydrogen (secondary N) is 1. The Balaban J connectivity index is 2.32. The summed E-state index contributed by atoms with van der Waals surface area (Å²) >= 11 is 1.43. The standard InChI is InChI=1S/C12H18N4S/c1-5-7(2)8(3)15-11-10-9(4)16-17-12(10)14-6-13-11/h6-8H,5H2,1-4H3,(H,13,14,15). The maximum Gasteiger partial charge on any atom is 0.149 e. The van der Waals surface area contributed by atoms with Crippen LogP contribution in [0.3, 0.4) is 0 Å². The highest BCUT2D eigenvalue weighted by molar-refractivity contribution is 7.13. The Morgan fingerprint density at radius 2 is 2.12 bits per heavy atom. The van der Waals surface area contributed by atoms with Crippen LogP contribution in [0.15, 0.2) is 6.33 Å². The lowest BCUT2D eigenvalue weighted by atomic mass is 10.0. The lowest BCUT2D eigenvalue weighted by Gasteiger charge is -2.20. The number of hydrogen-bond acceptors (Lipinski definition) is 5. The molecule has 0 fully saturated rings. The molecule has 0 aromatic carbocycles. The molecule has 2 aromatic heterocycles. The average molecular weight is 250 g/mol. The van der Waals surface area contributed by atoms with E-state index >= 15 is 0 Å². The molecule has 0 aliphatic carbocycles. The van der Waals surface area contributed by atoms with E-state index in [9.17, 15) is 0 Å². The van der Waals surface area contributed by atoms with E-state index in [4.69, 9.17) is 0 Å². The number of anilines is 1. The van der Waals surface area contributed by atoms with Gasteiger partial charge in [0.25, 0.3) is 0 Å². The zero-order valence-corrected chi connectivity index (χ0v) is 11.5. The summed E-state index contributed by atoms with van der Waals surface area (Å²) in [5.74, 6) is 1.53. The van der Waals surface area contributed by atoms with E-state index in [2.05, 4.69) is 40.4 Å². The van der Waals surface area contributed by atoms with Gasteiger partial charge >= 0.3 is 0 Å². The minimum atomic E-state index is 0.400. The molecule has 92 valence electrons. The first-order valence-corrected chi connectivity index (χ1v) is 6.74. The molecule has 1 N–H and O–H groups in total. The van der Waals surface area contributed by atoms with Crippen molar-refractivity contribution < 1.29 is 0 Å². The van der Waals surface area contributed by atoms with E-state index in [1.165, 1.54) is 11.5 Å². The van der Waals surface area contributed by atoms with Gasteiger partial charge in [0, 0.05) is 6.04 Å². The molecule has 0 amide bonds. The van der Waals surface area contributed by atoms with Gasteiger partial charge in [0.15, 0.2) is 0 Å². The Labute approximate surface area is 106 Å². The Kier molecular flexibility index (Phi) is 3.57. The van der Waals surface area contributed by atoms with Crippen LogP contribution in [0.25, 0.3) is 10.2 Å². The molecule has 0 saturated carbocycles. The predicted molar refractivity (Wildman–Crippen MR) is 72.5 cm³/mol. The fourth-order valence-corrected chi connectivity index (χ4v) is 2.49. The van der Waals surface area contributed by atoms with E-state index in [0.29, 0.717) is 12.0 Å². The van der Waals surface area contributed by atoms with Gasteiger partial charge in [0.05, 0.1) is 11.1 Å². The Morgan fingerprint density at radius 3 is 2.82 bits per heavy atom. The van der Waals surface area contributed by atoms with Crippen LogP contribution in [0.1, 0.15) is 32.9 Å². The summed E-state index contributed by atoms with van der Waals surface area (Å²) in [6.45, 7) is 8.64. The molecular formula is C12H18N4S. The minimum Gasteiger partial charge on any atom is -0.367 e. The van der Waals surface area contributed by atoms with Gasteiger partial charge < -0.3 is 5.32 Å². The summed E-state index contributed by atoms with van der Waals surface area (Å²) in [7, 11) is 0. The van der Waals surface area contributed by atoms with E-state index in [0.717, 1.165) is 28.1 Å². The number of fused-ring (bicyclic) bond motifs is 1. The van der Waals surface area contributed by atoms with Crippen molar-refractivity contribution in [1.82, 2.24) is 14.3 Å². The Bertz CT molecular complexity index is 508. The highest BCUT2D eigenvalue weighted by Crippen LogP contribution is 2.26. The highest BCUT2D eigenvalue weighted by atomic mass is 32.1. The Morgan fingerprint density at radius 1 is 1.35 bits per heavy atom. The normalized spacial score (nSPS) is 14.8. The molecule has 4 nitrogen and oxygen atoms in total. The molecule has 2 atom stereocenters. The minimum absolute atomic E-state index is 0.400. The third kappa shape index (κ3) is 2.39. The van der Waals surface area contributed by atoms with Crippen molar-refractivity contribution in [2.75, 3.05) is 5.32 Å². The molecule has 2 heterocycles. The van der Waals surface area contributed by atoms with Gasteiger partial charge in [0.1, 0.15) is 17.0 Å². The van der Waals surface area contributed by atoms with Gasteiger partial charge in [-0.2, -0.15) is 4.37 Å². The molecule has 0 bridgehead atoms. The third-order valence-corrected chi connectivity index (χ3v) is 4.15. The molecule has 0 aliphatic heterocycles. The zero-order chi connectivity index (χ0) is 12.4. The average Bonchev–Trinajstić information content (AvgIpc) is 2.71. The quantitative estimate of drug-likeness (QED) is 0.905. The van der Waals surface area contributed by atoms with E-state index in [1.54, 1.807) is 6.33 Å². The second-order valence-electron chi connectivity index (χ2n) is 4.49. The smallest absolute Gasteiger partial charge is 0.149 e. The van der Waals surface area contributed by atoms with Crippen molar-refractivity contribution in [3.8, 4) is 0 Å². The lowest BCUT2D eigenvalue weighted by Crippen LogP contribution is -2.23. The SMILES string of the molecule is CCC(C)C(C)Nc1ncnc2snc(C)c12. The summed E-state index contributed by atoms with van der Waals surface area (Å²) in [5, 5.41) is 4.54. The Hall–Kier alpha value is -1.23. The number of nitrogens with zero attached hydrogens (tertiary/aromatic N) is 3. The fraction of sp³-hybridized carbons (Fsp3) is 0.583. The summed E-state index contributed by atoms with van der Waals surface area (Å²) in [5.41, 5.74) is 1.00. The van der Waals surface area contributed by atoms with Gasteiger partial charge in [-0.3, -0.25) is 0 Å². The van der Waals surface area contributed by atoms with Crippen molar-refractivity contribution in [1.29, 1.82) is 0 Å². The first-order chi connectivity index (χ1) is 8.13. The van der Waals surface area contributed by atoms with E-state index < -0.39 is 0 Å². The second kappa shape index (κ2) is 4.96. The van der Waals surface area contributed by atoms with Crippen LogP contribution in [0, 0.1) is 12.8 Å². The zero-order valence-electron chi connectivity index (χ0n) is 10.7. The van der Waals surface area contributed by atoms with Crippen LogP contribution in [0.4, 0.5) is 5.82 Å². The molecule has 17 heavy (non-hydrogen) atoms. The van der Waals surface area contributed by atoms with Gasteiger partial charge in [0.2, 0.25) is 0 Å². The van der Waals surface area contributed by atoms with Gasteiger partial charge in [-0.25, -0.2) is 9.97 Å². The molecular weight excluding hydrogens is 232 g/mol. The molecule has 0 saturated heterocycles. The van der Waals surface area contributed by atoms with Gasteiger partial charge in [-0.05, 0) is 31.3 Å². The highest BCUT2D eigenvalue weighted by Gasteiger charge is 2.15. The van der Waals surface area contributed by atoms with Crippen LogP contribution in [-0.4, -0.2) is 20.4 Å². The van der Waals surface area contributed by atoms with Gasteiger partial charge in [-0.15, -0.1) is 0 Å². The lowest BCUT2D eigenvalue weighted by molar-refractivity contribution is 0.494. The van der Waals surface area contributed by atoms with E-state index in [-0.39, 0.29) is 0 Å². The molecule has 2 unspecified atom stereocenters. The summed E-state index contributed by atoms with van der Waals surface area (Å²) in [4.78, 5) is 9.54. The van der Waals surface area contributed by atoms with Gasteiger partial charge in [-0.1, -0.05) is 20.3 Å². The maximum atomic E-state index is 4.34. The van der Waals surface area contributed by atoms with Crippen LogP contribution < -0.4 is 5.32 Å². The molecule has 2 aromatic rings. The van der Waals surface area contributed by atoms with Crippen molar-refractivity contribution in [2.24, 2.45) is 5.92 Å². The maximum absolute atomic E-state index is 4.34.